The lowest BCUT2D eigenvalue weighted by atomic mass is 9.82. The van der Waals surface area contributed by atoms with Crippen molar-refractivity contribution in [3.63, 3.8) is 0 Å². The predicted octanol–water partition coefficient (Wildman–Crippen LogP) is 5.59. The van der Waals surface area contributed by atoms with Crippen LogP contribution < -0.4 is 0 Å². The van der Waals surface area contributed by atoms with Gasteiger partial charge in [0.15, 0.2) is 0 Å². The number of rotatable bonds is 5. The molecule has 1 aliphatic rings. The monoisotopic (exact) mass is 311 g/mol. The Bertz CT molecular complexity index is 627. The second kappa shape index (κ2) is 7.25. The van der Waals surface area contributed by atoms with Crippen molar-refractivity contribution in [2.75, 3.05) is 0 Å². The van der Waals surface area contributed by atoms with Crippen molar-refractivity contribution < 1.29 is 4.39 Å². The molecule has 23 heavy (non-hydrogen) atoms. The Morgan fingerprint density at radius 1 is 0.957 bits per heavy atom. The molecule has 0 bridgehead atoms. The first-order valence-corrected chi connectivity index (χ1v) is 8.80. The second-order valence-electron chi connectivity index (χ2n) is 7.08. The summed E-state index contributed by atoms with van der Waals surface area (Å²) in [5.41, 5.74) is 4.01. The average Bonchev–Trinajstić information content (AvgIpc) is 2.56. The van der Waals surface area contributed by atoms with Crippen molar-refractivity contribution in [3.05, 3.63) is 65.0 Å². The van der Waals surface area contributed by atoms with Crippen LogP contribution in [0.3, 0.4) is 0 Å². The van der Waals surface area contributed by atoms with Crippen molar-refractivity contribution in [1.82, 2.24) is 4.98 Å². The molecule has 0 N–H and O–H groups in total. The van der Waals surface area contributed by atoms with E-state index in [1.54, 1.807) is 0 Å². The molecule has 0 amide bonds. The zero-order valence-electron chi connectivity index (χ0n) is 14.0. The number of hydrogen-bond acceptors (Lipinski definition) is 1. The van der Waals surface area contributed by atoms with Gasteiger partial charge in [0.05, 0.1) is 0 Å². The Balaban J connectivity index is 1.61. The number of aryl methyl sites for hydroxylation is 2. The van der Waals surface area contributed by atoms with E-state index >= 15 is 0 Å². The molecule has 2 aromatic rings. The van der Waals surface area contributed by atoms with E-state index in [1.807, 2.05) is 12.4 Å². The molecule has 1 aliphatic carbocycles. The topological polar surface area (TPSA) is 12.9 Å². The predicted molar refractivity (Wildman–Crippen MR) is 93.5 cm³/mol. The van der Waals surface area contributed by atoms with Crippen LogP contribution in [0.2, 0.25) is 0 Å². The normalized spacial score (nSPS) is 17.1. The van der Waals surface area contributed by atoms with E-state index in [-0.39, 0.29) is 0 Å². The molecule has 0 atom stereocenters. The number of hydrogen-bond donors (Lipinski definition) is 0. The summed E-state index contributed by atoms with van der Waals surface area (Å²) in [4.78, 5) is 4.36. The van der Waals surface area contributed by atoms with Crippen LogP contribution in [-0.2, 0) is 12.8 Å². The van der Waals surface area contributed by atoms with Gasteiger partial charge in [0.1, 0.15) is 5.67 Å². The molecule has 0 spiro atoms. The van der Waals surface area contributed by atoms with Crippen molar-refractivity contribution in [1.29, 1.82) is 0 Å². The highest BCUT2D eigenvalue weighted by Crippen LogP contribution is 2.35. The Morgan fingerprint density at radius 3 is 2.39 bits per heavy atom. The molecule has 1 nitrogen and oxygen atoms in total. The number of pyridine rings is 1. The molecule has 3 rings (SSSR count). The van der Waals surface area contributed by atoms with Crippen LogP contribution in [0.5, 0.6) is 0 Å². The first-order chi connectivity index (χ1) is 11.1. The van der Waals surface area contributed by atoms with E-state index in [9.17, 15) is 4.39 Å². The minimum Gasteiger partial charge on any atom is -0.264 e. The summed E-state index contributed by atoms with van der Waals surface area (Å²) in [5, 5.41) is 0. The zero-order valence-corrected chi connectivity index (χ0v) is 14.0. The molecule has 122 valence electrons. The van der Waals surface area contributed by atoms with Gasteiger partial charge in [-0.3, -0.25) is 4.98 Å². The van der Waals surface area contributed by atoms with E-state index in [0.29, 0.717) is 6.42 Å². The molecule has 1 heterocycles. The quantitative estimate of drug-likeness (QED) is 0.702. The minimum absolute atomic E-state index is 0.642. The molecule has 2 heteroatoms. The average molecular weight is 311 g/mol. The van der Waals surface area contributed by atoms with Crippen molar-refractivity contribution >= 4 is 0 Å². The number of benzene rings is 1. The third-order valence-corrected chi connectivity index (χ3v) is 4.99. The Labute approximate surface area is 139 Å². The highest BCUT2D eigenvalue weighted by molar-refractivity contribution is 5.28. The van der Waals surface area contributed by atoms with Crippen LogP contribution in [-0.4, -0.2) is 10.7 Å². The van der Waals surface area contributed by atoms with Crippen molar-refractivity contribution in [3.8, 4) is 0 Å². The first kappa shape index (κ1) is 16.2. The second-order valence-corrected chi connectivity index (χ2v) is 7.08. The summed E-state index contributed by atoms with van der Waals surface area (Å²) in [6.45, 7) is 2.10. The molecule has 1 aromatic heterocycles. The van der Waals surface area contributed by atoms with Gasteiger partial charge in [0, 0.05) is 12.4 Å². The molecular formula is C21H26FN. The minimum atomic E-state index is -0.939. The summed E-state index contributed by atoms with van der Waals surface area (Å²) in [7, 11) is 0. The summed E-state index contributed by atoms with van der Waals surface area (Å²) in [6, 6.07) is 10.8. The summed E-state index contributed by atoms with van der Waals surface area (Å²) in [6.07, 6.45) is 10.9. The molecule has 0 aliphatic heterocycles. The largest absolute Gasteiger partial charge is 0.264 e. The molecule has 1 fully saturated rings. The van der Waals surface area contributed by atoms with E-state index in [0.717, 1.165) is 44.1 Å². The summed E-state index contributed by atoms with van der Waals surface area (Å²) in [5.74, 6) is 0. The molecule has 0 unspecified atom stereocenters. The van der Waals surface area contributed by atoms with Gasteiger partial charge in [0.25, 0.3) is 0 Å². The van der Waals surface area contributed by atoms with E-state index in [2.05, 4.69) is 42.2 Å². The van der Waals surface area contributed by atoms with Gasteiger partial charge < -0.3 is 0 Å². The van der Waals surface area contributed by atoms with Crippen LogP contribution >= 0.6 is 0 Å². The fraction of sp³-hybridized carbons (Fsp3) is 0.476. The lowest BCUT2D eigenvalue weighted by Gasteiger charge is -2.29. The Morgan fingerprint density at radius 2 is 1.65 bits per heavy atom. The number of nitrogens with zero attached hydrogens (tertiary/aromatic N) is 1. The molecule has 0 saturated heterocycles. The number of aromatic nitrogens is 1. The molecule has 1 aromatic carbocycles. The highest BCUT2D eigenvalue weighted by Gasteiger charge is 2.30. The van der Waals surface area contributed by atoms with E-state index in [1.165, 1.54) is 23.1 Å². The fourth-order valence-corrected chi connectivity index (χ4v) is 3.52. The Kier molecular flexibility index (Phi) is 5.09. The maximum atomic E-state index is 14.7. The standard InChI is InChI=1S/C21H26FN/c1-17-5-7-18(8-6-17)13-20-14-19(15-23-16-20)9-12-21(22)10-3-2-4-11-21/h5-8,14-16H,2-4,9-13H2,1H3. The zero-order chi connectivity index (χ0) is 16.1. The summed E-state index contributed by atoms with van der Waals surface area (Å²) >= 11 is 0. The van der Waals surface area contributed by atoms with Crippen molar-refractivity contribution in [2.24, 2.45) is 0 Å². The van der Waals surface area contributed by atoms with E-state index < -0.39 is 5.67 Å². The fourth-order valence-electron chi connectivity index (χ4n) is 3.52. The summed E-state index contributed by atoms with van der Waals surface area (Å²) < 4.78 is 14.7. The van der Waals surface area contributed by atoms with Crippen LogP contribution in [0.1, 0.15) is 60.8 Å². The maximum Gasteiger partial charge on any atom is 0.111 e. The maximum absolute atomic E-state index is 14.7. The van der Waals surface area contributed by atoms with Gasteiger partial charge in [-0.2, -0.15) is 0 Å². The van der Waals surface area contributed by atoms with Crippen LogP contribution in [0.4, 0.5) is 4.39 Å². The number of alkyl halides is 1. The van der Waals surface area contributed by atoms with Gasteiger partial charge in [-0.15, -0.1) is 0 Å². The molecule has 1 saturated carbocycles. The lowest BCUT2D eigenvalue weighted by Crippen LogP contribution is -2.26. The Hall–Kier alpha value is -1.70. The molecule has 0 radical (unpaired) electrons. The number of halogens is 1. The van der Waals surface area contributed by atoms with Crippen molar-refractivity contribution in [2.45, 2.75) is 64.0 Å². The van der Waals surface area contributed by atoms with Crippen LogP contribution in [0.25, 0.3) is 0 Å². The SMILES string of the molecule is Cc1ccc(Cc2cncc(CCC3(F)CCCCC3)c2)cc1. The smallest absolute Gasteiger partial charge is 0.111 e. The van der Waals surface area contributed by atoms with Crippen LogP contribution in [0, 0.1) is 6.92 Å². The van der Waals surface area contributed by atoms with Gasteiger partial charge >= 0.3 is 0 Å². The third kappa shape index (κ3) is 4.63. The van der Waals surface area contributed by atoms with Gasteiger partial charge in [-0.25, -0.2) is 4.39 Å². The first-order valence-electron chi connectivity index (χ1n) is 8.80. The van der Waals surface area contributed by atoms with E-state index in [4.69, 9.17) is 0 Å². The van der Waals surface area contributed by atoms with Gasteiger partial charge in [-0.05, 0) is 55.7 Å². The van der Waals surface area contributed by atoms with Crippen LogP contribution in [0.15, 0.2) is 42.7 Å². The highest BCUT2D eigenvalue weighted by atomic mass is 19.1. The molecular weight excluding hydrogens is 285 g/mol. The van der Waals surface area contributed by atoms with Gasteiger partial charge in [-0.1, -0.05) is 55.2 Å². The van der Waals surface area contributed by atoms with Gasteiger partial charge in [0.2, 0.25) is 0 Å². The lowest BCUT2D eigenvalue weighted by molar-refractivity contribution is 0.0967. The third-order valence-electron chi connectivity index (χ3n) is 4.99.